The van der Waals surface area contributed by atoms with Gasteiger partial charge >= 0.3 is 6.01 Å². The molecular weight excluding hydrogens is 421 g/mol. The smallest absolute Gasteiger partial charge is 0.318 e. The Morgan fingerprint density at radius 3 is 2.21 bits per heavy atom. The average Bonchev–Trinajstić information content (AvgIpc) is 3.35. The van der Waals surface area contributed by atoms with Crippen molar-refractivity contribution in [2.75, 3.05) is 49.1 Å². The van der Waals surface area contributed by atoms with Crippen molar-refractivity contribution >= 4 is 17.6 Å². The summed E-state index contributed by atoms with van der Waals surface area (Å²) >= 11 is 0. The normalized spacial score (nSPS) is 17.5. The van der Waals surface area contributed by atoms with Crippen LogP contribution in [0.5, 0.6) is 0 Å². The fourth-order valence-electron chi connectivity index (χ4n) is 4.57. The molecule has 7 nitrogen and oxygen atoms in total. The summed E-state index contributed by atoms with van der Waals surface area (Å²) < 4.78 is 19.1. The predicted molar refractivity (Wildman–Crippen MR) is 125 cm³/mol. The van der Waals surface area contributed by atoms with Gasteiger partial charge in [-0.25, -0.2) is 4.39 Å². The van der Waals surface area contributed by atoms with E-state index in [1.165, 1.54) is 17.7 Å². The van der Waals surface area contributed by atoms with Crippen LogP contribution >= 0.6 is 0 Å². The molecule has 33 heavy (non-hydrogen) atoms. The maximum atomic E-state index is 13.2. The number of benzene rings is 2. The lowest BCUT2D eigenvalue weighted by molar-refractivity contribution is -0.136. The Bertz CT molecular complexity index is 1080. The molecule has 0 N–H and O–H groups in total. The molecule has 2 aliphatic rings. The van der Waals surface area contributed by atoms with E-state index in [1.54, 1.807) is 12.1 Å². The number of piperazine rings is 1. The molecule has 0 bridgehead atoms. The van der Waals surface area contributed by atoms with Gasteiger partial charge in [-0.1, -0.05) is 22.8 Å². The lowest BCUT2D eigenvalue weighted by Crippen LogP contribution is -2.51. The first-order valence-corrected chi connectivity index (χ1v) is 11.5. The Labute approximate surface area is 192 Å². The third kappa shape index (κ3) is 4.69. The van der Waals surface area contributed by atoms with Crippen LogP contribution in [0.25, 0.3) is 11.5 Å². The predicted octanol–water partition coefficient (Wildman–Crippen LogP) is 3.75. The zero-order chi connectivity index (χ0) is 22.8. The molecule has 3 heterocycles. The highest BCUT2D eigenvalue weighted by atomic mass is 19.1. The molecule has 1 aromatic heterocycles. The molecule has 172 valence electrons. The van der Waals surface area contributed by atoms with Crippen molar-refractivity contribution in [2.24, 2.45) is 5.92 Å². The van der Waals surface area contributed by atoms with Gasteiger partial charge in [-0.3, -0.25) is 4.79 Å². The van der Waals surface area contributed by atoms with Crippen molar-refractivity contribution < 1.29 is 13.6 Å². The minimum atomic E-state index is -0.231. The first-order valence-electron chi connectivity index (χ1n) is 11.5. The Hall–Kier alpha value is -3.42. The molecule has 5 rings (SSSR count). The standard InChI is InChI=1S/C25H28FN5O2/c1-18-2-4-19(5-3-18)23-27-28-25(33-23)31-12-10-20(11-13-31)24(32)30-16-14-29(15-17-30)22-8-6-21(26)7-9-22/h2-9,20H,10-17H2,1H3. The van der Waals surface area contributed by atoms with E-state index in [9.17, 15) is 9.18 Å². The van der Waals surface area contributed by atoms with Gasteiger partial charge in [0.1, 0.15) is 5.82 Å². The number of halogens is 1. The quantitative estimate of drug-likeness (QED) is 0.605. The van der Waals surface area contributed by atoms with E-state index in [4.69, 9.17) is 4.42 Å². The molecule has 8 heteroatoms. The Morgan fingerprint density at radius 2 is 1.55 bits per heavy atom. The van der Waals surface area contributed by atoms with Crippen molar-refractivity contribution in [3.63, 3.8) is 0 Å². The second-order valence-corrected chi connectivity index (χ2v) is 8.81. The highest BCUT2D eigenvalue weighted by Crippen LogP contribution is 2.27. The molecule has 2 saturated heterocycles. The molecule has 0 radical (unpaired) electrons. The minimum absolute atomic E-state index is 0.0260. The Kier molecular flexibility index (Phi) is 5.98. The average molecular weight is 450 g/mol. The summed E-state index contributed by atoms with van der Waals surface area (Å²) in [4.78, 5) is 19.3. The van der Waals surface area contributed by atoms with E-state index in [0.717, 1.165) is 50.3 Å². The molecule has 0 saturated carbocycles. The van der Waals surface area contributed by atoms with Crippen LogP contribution in [-0.4, -0.2) is 60.3 Å². The number of hydrogen-bond acceptors (Lipinski definition) is 6. The molecule has 0 aliphatic carbocycles. The molecule has 2 fully saturated rings. The number of piperidine rings is 1. The van der Waals surface area contributed by atoms with E-state index in [1.807, 2.05) is 36.1 Å². The maximum absolute atomic E-state index is 13.2. The van der Waals surface area contributed by atoms with Gasteiger partial charge in [0.2, 0.25) is 11.8 Å². The summed E-state index contributed by atoms with van der Waals surface area (Å²) in [7, 11) is 0. The lowest BCUT2D eigenvalue weighted by Gasteiger charge is -2.39. The van der Waals surface area contributed by atoms with E-state index in [0.29, 0.717) is 25.0 Å². The van der Waals surface area contributed by atoms with Crippen LogP contribution in [0.1, 0.15) is 18.4 Å². The second kappa shape index (κ2) is 9.21. The van der Waals surface area contributed by atoms with Gasteiger partial charge in [0.15, 0.2) is 0 Å². The second-order valence-electron chi connectivity index (χ2n) is 8.81. The Balaban J connectivity index is 1.13. The molecule has 3 aromatic rings. The van der Waals surface area contributed by atoms with E-state index < -0.39 is 0 Å². The summed E-state index contributed by atoms with van der Waals surface area (Å²) in [5.74, 6) is 0.547. The number of aromatic nitrogens is 2. The first-order chi connectivity index (χ1) is 16.1. The number of carbonyl (C=O) groups is 1. The summed E-state index contributed by atoms with van der Waals surface area (Å²) in [6.07, 6.45) is 1.55. The number of hydrogen-bond donors (Lipinski definition) is 0. The highest BCUT2D eigenvalue weighted by molar-refractivity contribution is 5.79. The summed E-state index contributed by atoms with van der Waals surface area (Å²) in [6.45, 7) is 6.41. The fourth-order valence-corrected chi connectivity index (χ4v) is 4.57. The molecule has 0 spiro atoms. The Morgan fingerprint density at radius 1 is 0.879 bits per heavy atom. The van der Waals surface area contributed by atoms with E-state index >= 15 is 0 Å². The van der Waals surface area contributed by atoms with Crippen LogP contribution in [0.15, 0.2) is 52.9 Å². The number of nitrogens with zero attached hydrogens (tertiary/aromatic N) is 5. The maximum Gasteiger partial charge on any atom is 0.318 e. The van der Waals surface area contributed by atoms with Gasteiger partial charge < -0.3 is 19.1 Å². The van der Waals surface area contributed by atoms with Gasteiger partial charge in [-0.2, -0.15) is 0 Å². The molecule has 2 aromatic carbocycles. The van der Waals surface area contributed by atoms with Crippen LogP contribution in [-0.2, 0) is 4.79 Å². The highest BCUT2D eigenvalue weighted by Gasteiger charge is 2.31. The van der Waals surface area contributed by atoms with Gasteiger partial charge in [-0.05, 0) is 56.2 Å². The van der Waals surface area contributed by atoms with Crippen molar-refractivity contribution in [3.8, 4) is 11.5 Å². The fraction of sp³-hybridized carbons (Fsp3) is 0.400. The molecule has 0 atom stereocenters. The lowest BCUT2D eigenvalue weighted by atomic mass is 9.95. The van der Waals surface area contributed by atoms with Crippen LogP contribution in [0.2, 0.25) is 0 Å². The summed E-state index contributed by atoms with van der Waals surface area (Å²) in [6, 6.07) is 15.1. The number of aryl methyl sites for hydroxylation is 1. The number of rotatable bonds is 4. The largest absolute Gasteiger partial charge is 0.403 e. The minimum Gasteiger partial charge on any atom is -0.403 e. The number of amides is 1. The van der Waals surface area contributed by atoms with Gasteiger partial charge in [-0.15, -0.1) is 5.10 Å². The third-order valence-corrected chi connectivity index (χ3v) is 6.61. The van der Waals surface area contributed by atoms with Gasteiger partial charge in [0.05, 0.1) is 0 Å². The monoisotopic (exact) mass is 449 g/mol. The van der Waals surface area contributed by atoms with Crippen LogP contribution in [0.3, 0.4) is 0 Å². The third-order valence-electron chi connectivity index (χ3n) is 6.61. The number of anilines is 2. The van der Waals surface area contributed by atoms with Crippen molar-refractivity contribution in [3.05, 3.63) is 59.9 Å². The van der Waals surface area contributed by atoms with Crippen LogP contribution < -0.4 is 9.80 Å². The van der Waals surface area contributed by atoms with Crippen molar-refractivity contribution in [2.45, 2.75) is 19.8 Å². The zero-order valence-electron chi connectivity index (χ0n) is 18.8. The SMILES string of the molecule is Cc1ccc(-c2nnc(N3CCC(C(=O)N4CCN(c5ccc(F)cc5)CC4)CC3)o2)cc1. The summed E-state index contributed by atoms with van der Waals surface area (Å²) in [5, 5.41) is 8.42. The van der Waals surface area contributed by atoms with Crippen LogP contribution in [0, 0.1) is 18.7 Å². The molecule has 2 aliphatic heterocycles. The molecule has 1 amide bonds. The molecular formula is C25H28FN5O2. The van der Waals surface area contributed by atoms with E-state index in [2.05, 4.69) is 20.0 Å². The number of carbonyl (C=O) groups excluding carboxylic acids is 1. The first kappa shape index (κ1) is 21.4. The van der Waals surface area contributed by atoms with E-state index in [-0.39, 0.29) is 17.6 Å². The van der Waals surface area contributed by atoms with Crippen molar-refractivity contribution in [1.29, 1.82) is 0 Å². The topological polar surface area (TPSA) is 65.7 Å². The molecule has 0 unspecified atom stereocenters. The van der Waals surface area contributed by atoms with Gasteiger partial charge in [0.25, 0.3) is 0 Å². The van der Waals surface area contributed by atoms with Crippen molar-refractivity contribution in [1.82, 2.24) is 15.1 Å². The van der Waals surface area contributed by atoms with Gasteiger partial charge in [0, 0.05) is 56.4 Å². The summed E-state index contributed by atoms with van der Waals surface area (Å²) in [5.41, 5.74) is 3.09. The van der Waals surface area contributed by atoms with Crippen LogP contribution in [0.4, 0.5) is 16.1 Å². The zero-order valence-corrected chi connectivity index (χ0v) is 18.8.